The first-order valence-electron chi connectivity index (χ1n) is 6.46. The summed E-state index contributed by atoms with van der Waals surface area (Å²) in [6.45, 7) is 6.09. The highest BCUT2D eigenvalue weighted by Crippen LogP contribution is 2.26. The van der Waals surface area contributed by atoms with Gasteiger partial charge in [-0.05, 0) is 53.5 Å². The molecule has 2 rings (SSSR count). The first-order valence-corrected chi connectivity index (χ1v) is 7.25. The first kappa shape index (κ1) is 13.9. The second-order valence-corrected chi connectivity index (χ2v) is 5.46. The van der Waals surface area contributed by atoms with Crippen molar-refractivity contribution in [3.63, 3.8) is 0 Å². The molecule has 0 heterocycles. The second kappa shape index (κ2) is 6.11. The van der Waals surface area contributed by atoms with Gasteiger partial charge in [0.1, 0.15) is 0 Å². The Morgan fingerprint density at radius 1 is 1.11 bits per heavy atom. The summed E-state index contributed by atoms with van der Waals surface area (Å²) in [5.74, 6) is 0. The smallest absolute Gasteiger partial charge is 0.0461 e. The zero-order valence-corrected chi connectivity index (χ0v) is 12.9. The van der Waals surface area contributed by atoms with Crippen LogP contribution < -0.4 is 10.6 Å². The molecule has 0 radical (unpaired) electrons. The molecule has 0 atom stereocenters. The molecule has 2 N–H and O–H groups in total. The Labute approximate surface area is 123 Å². The van der Waals surface area contributed by atoms with E-state index in [2.05, 4.69) is 65.0 Å². The van der Waals surface area contributed by atoms with Gasteiger partial charge < -0.3 is 10.6 Å². The van der Waals surface area contributed by atoms with E-state index in [1.807, 2.05) is 12.1 Å². The van der Waals surface area contributed by atoms with Crippen molar-refractivity contribution in [3.8, 4) is 0 Å². The average Bonchev–Trinajstić information content (AvgIpc) is 2.42. The second-order valence-electron chi connectivity index (χ2n) is 4.67. The summed E-state index contributed by atoms with van der Waals surface area (Å²) in [5, 5.41) is 0. The standard InChI is InChI=1S/C16H19BrN2/c1-3-19(14-9-7-12(2)8-10-14)11-13-5-4-6-15(18)16(13)17/h4-10H,3,11,18H2,1-2H3. The van der Waals surface area contributed by atoms with Crippen LogP contribution in [0.25, 0.3) is 0 Å². The van der Waals surface area contributed by atoms with Crippen LogP contribution in [0.3, 0.4) is 0 Å². The van der Waals surface area contributed by atoms with Gasteiger partial charge in [0.15, 0.2) is 0 Å². The van der Waals surface area contributed by atoms with E-state index in [-0.39, 0.29) is 0 Å². The van der Waals surface area contributed by atoms with Crippen molar-refractivity contribution >= 4 is 27.3 Å². The third-order valence-corrected chi connectivity index (χ3v) is 4.22. The molecule has 2 nitrogen and oxygen atoms in total. The maximum atomic E-state index is 5.93. The van der Waals surface area contributed by atoms with Crippen molar-refractivity contribution in [1.82, 2.24) is 0 Å². The van der Waals surface area contributed by atoms with Gasteiger partial charge in [-0.25, -0.2) is 0 Å². The van der Waals surface area contributed by atoms with Crippen LogP contribution in [0.1, 0.15) is 18.1 Å². The van der Waals surface area contributed by atoms with Gasteiger partial charge in [0.2, 0.25) is 0 Å². The van der Waals surface area contributed by atoms with Crippen LogP contribution in [0.4, 0.5) is 11.4 Å². The molecule has 2 aromatic carbocycles. The quantitative estimate of drug-likeness (QED) is 0.848. The molecular weight excluding hydrogens is 300 g/mol. The van der Waals surface area contributed by atoms with E-state index in [1.165, 1.54) is 16.8 Å². The van der Waals surface area contributed by atoms with Crippen LogP contribution in [0, 0.1) is 6.92 Å². The normalized spacial score (nSPS) is 10.5. The van der Waals surface area contributed by atoms with E-state index < -0.39 is 0 Å². The summed E-state index contributed by atoms with van der Waals surface area (Å²) in [7, 11) is 0. The van der Waals surface area contributed by atoms with E-state index >= 15 is 0 Å². The number of anilines is 2. The Balaban J connectivity index is 2.24. The van der Waals surface area contributed by atoms with Crippen molar-refractivity contribution in [1.29, 1.82) is 0 Å². The Morgan fingerprint density at radius 2 is 1.79 bits per heavy atom. The summed E-state index contributed by atoms with van der Waals surface area (Å²) in [5.41, 5.74) is 10.5. The van der Waals surface area contributed by atoms with Gasteiger partial charge in [0.25, 0.3) is 0 Å². The number of rotatable bonds is 4. The maximum absolute atomic E-state index is 5.93. The highest BCUT2D eigenvalue weighted by atomic mass is 79.9. The van der Waals surface area contributed by atoms with Crippen molar-refractivity contribution in [2.45, 2.75) is 20.4 Å². The van der Waals surface area contributed by atoms with Crippen molar-refractivity contribution < 1.29 is 0 Å². The lowest BCUT2D eigenvalue weighted by Crippen LogP contribution is -2.22. The van der Waals surface area contributed by atoms with Gasteiger partial charge in [-0.1, -0.05) is 29.8 Å². The number of aryl methyl sites for hydroxylation is 1. The Hall–Kier alpha value is -1.48. The van der Waals surface area contributed by atoms with Gasteiger partial charge in [0.05, 0.1) is 0 Å². The number of nitrogens with zero attached hydrogens (tertiary/aromatic N) is 1. The fourth-order valence-electron chi connectivity index (χ4n) is 2.07. The van der Waals surface area contributed by atoms with Gasteiger partial charge in [-0.15, -0.1) is 0 Å². The summed E-state index contributed by atoms with van der Waals surface area (Å²) in [6, 6.07) is 14.6. The zero-order chi connectivity index (χ0) is 13.8. The lowest BCUT2D eigenvalue weighted by Gasteiger charge is -2.24. The molecule has 100 valence electrons. The van der Waals surface area contributed by atoms with E-state index in [4.69, 9.17) is 5.73 Å². The minimum Gasteiger partial charge on any atom is -0.398 e. The molecule has 19 heavy (non-hydrogen) atoms. The Bertz CT molecular complexity index is 549. The highest BCUT2D eigenvalue weighted by molar-refractivity contribution is 9.10. The van der Waals surface area contributed by atoms with Gasteiger partial charge in [-0.3, -0.25) is 0 Å². The van der Waals surface area contributed by atoms with Crippen LogP contribution in [0.2, 0.25) is 0 Å². The summed E-state index contributed by atoms with van der Waals surface area (Å²) in [4.78, 5) is 2.33. The predicted octanol–water partition coefficient (Wildman–Crippen LogP) is 4.37. The summed E-state index contributed by atoms with van der Waals surface area (Å²) < 4.78 is 1.00. The number of benzene rings is 2. The Kier molecular flexibility index (Phi) is 4.48. The molecule has 0 aromatic heterocycles. The zero-order valence-electron chi connectivity index (χ0n) is 11.4. The molecule has 0 aliphatic rings. The fourth-order valence-corrected chi connectivity index (χ4v) is 2.46. The number of nitrogen functional groups attached to an aromatic ring is 1. The molecule has 0 amide bonds. The Morgan fingerprint density at radius 3 is 2.42 bits per heavy atom. The van der Waals surface area contributed by atoms with Gasteiger partial charge in [0, 0.05) is 28.9 Å². The van der Waals surface area contributed by atoms with Crippen LogP contribution in [0.15, 0.2) is 46.9 Å². The molecule has 0 fully saturated rings. The van der Waals surface area contributed by atoms with Gasteiger partial charge >= 0.3 is 0 Å². The van der Waals surface area contributed by atoms with Crippen molar-refractivity contribution in [2.24, 2.45) is 0 Å². The molecule has 0 bridgehead atoms. The minimum atomic E-state index is 0.789. The molecule has 3 heteroatoms. The molecule has 0 saturated carbocycles. The van der Waals surface area contributed by atoms with Crippen LogP contribution >= 0.6 is 15.9 Å². The number of hydrogen-bond acceptors (Lipinski definition) is 2. The highest BCUT2D eigenvalue weighted by Gasteiger charge is 2.09. The van der Waals surface area contributed by atoms with Crippen LogP contribution in [0.5, 0.6) is 0 Å². The molecule has 2 aromatic rings. The maximum Gasteiger partial charge on any atom is 0.0461 e. The number of hydrogen-bond donors (Lipinski definition) is 1. The van der Waals surface area contributed by atoms with E-state index in [0.717, 1.165) is 23.2 Å². The largest absolute Gasteiger partial charge is 0.398 e. The monoisotopic (exact) mass is 318 g/mol. The van der Waals surface area contributed by atoms with Crippen LogP contribution in [-0.2, 0) is 6.54 Å². The van der Waals surface area contributed by atoms with E-state index in [9.17, 15) is 0 Å². The first-order chi connectivity index (χ1) is 9.11. The third-order valence-electron chi connectivity index (χ3n) is 3.25. The topological polar surface area (TPSA) is 29.3 Å². The third kappa shape index (κ3) is 3.29. The molecule has 0 unspecified atom stereocenters. The van der Waals surface area contributed by atoms with Gasteiger partial charge in [-0.2, -0.15) is 0 Å². The molecular formula is C16H19BrN2. The molecule has 0 aliphatic carbocycles. The summed E-state index contributed by atoms with van der Waals surface area (Å²) in [6.07, 6.45) is 0. The molecule has 0 spiro atoms. The SMILES string of the molecule is CCN(Cc1cccc(N)c1Br)c1ccc(C)cc1. The van der Waals surface area contributed by atoms with Crippen LogP contribution in [-0.4, -0.2) is 6.54 Å². The van der Waals surface area contributed by atoms with Crippen molar-refractivity contribution in [2.75, 3.05) is 17.2 Å². The summed E-state index contributed by atoms with van der Waals surface area (Å²) >= 11 is 3.57. The van der Waals surface area contributed by atoms with E-state index in [1.54, 1.807) is 0 Å². The fraction of sp³-hybridized carbons (Fsp3) is 0.250. The number of halogens is 1. The lowest BCUT2D eigenvalue weighted by atomic mass is 10.1. The molecule has 0 aliphatic heterocycles. The average molecular weight is 319 g/mol. The van der Waals surface area contributed by atoms with Crippen molar-refractivity contribution in [3.05, 3.63) is 58.1 Å². The molecule has 0 saturated heterocycles. The lowest BCUT2D eigenvalue weighted by molar-refractivity contribution is 0.829. The predicted molar refractivity (Wildman–Crippen MR) is 86.5 cm³/mol. The number of nitrogens with two attached hydrogens (primary N) is 1. The van der Waals surface area contributed by atoms with E-state index in [0.29, 0.717) is 0 Å². The minimum absolute atomic E-state index is 0.789.